The molecule has 1 saturated heterocycles. The number of thioether (sulfide) groups is 1. The highest BCUT2D eigenvalue weighted by Crippen LogP contribution is 2.41. The topological polar surface area (TPSA) is 111 Å². The summed E-state index contributed by atoms with van der Waals surface area (Å²) in [6.07, 6.45) is 5.73. The van der Waals surface area contributed by atoms with Crippen molar-refractivity contribution < 1.29 is 28.9 Å². The second kappa shape index (κ2) is 13.1. The molecule has 1 fully saturated rings. The number of hydrogen-bond acceptors (Lipinski definition) is 8. The number of nitrogens with one attached hydrogen (secondary N) is 1. The van der Waals surface area contributed by atoms with Gasteiger partial charge in [-0.15, -0.1) is 0 Å². The zero-order valence-electron chi connectivity index (χ0n) is 23.1. The molecule has 0 radical (unpaired) electrons. The summed E-state index contributed by atoms with van der Waals surface area (Å²) in [5.74, 6) is -0.218. The van der Waals surface area contributed by atoms with Crippen molar-refractivity contribution in [1.82, 2.24) is 9.88 Å². The number of para-hydroxylation sites is 1. The molecular formula is C31H33N3O6S. The molecule has 1 amide bonds. The van der Waals surface area contributed by atoms with Crippen molar-refractivity contribution in [3.05, 3.63) is 76.5 Å². The first-order valence-electron chi connectivity index (χ1n) is 13.7. The van der Waals surface area contributed by atoms with E-state index in [-0.39, 0.29) is 36.5 Å². The van der Waals surface area contributed by atoms with Gasteiger partial charge in [0, 0.05) is 35.8 Å². The first-order chi connectivity index (χ1) is 20.0. The second-order valence-electron chi connectivity index (χ2n) is 9.57. The molecule has 214 valence electrons. The van der Waals surface area contributed by atoms with E-state index in [2.05, 4.69) is 10.3 Å². The number of amides is 1. The van der Waals surface area contributed by atoms with Gasteiger partial charge in [0.1, 0.15) is 28.7 Å². The Morgan fingerprint density at radius 3 is 2.71 bits per heavy atom. The minimum Gasteiger partial charge on any atom is -0.506 e. The Hall–Kier alpha value is -4.02. The Balaban J connectivity index is 1.44. The summed E-state index contributed by atoms with van der Waals surface area (Å²) in [7, 11) is 0. The molecule has 2 aliphatic rings. The van der Waals surface area contributed by atoms with Crippen LogP contribution in [0.5, 0.6) is 5.75 Å². The number of rotatable bonds is 10. The zero-order valence-corrected chi connectivity index (χ0v) is 23.9. The van der Waals surface area contributed by atoms with E-state index in [1.165, 1.54) is 11.8 Å². The second-order valence-corrected chi connectivity index (χ2v) is 10.6. The smallest absolute Gasteiger partial charge is 0.344 e. The van der Waals surface area contributed by atoms with Crippen molar-refractivity contribution in [3.63, 3.8) is 0 Å². The summed E-state index contributed by atoms with van der Waals surface area (Å²) < 4.78 is 18.2. The fourth-order valence-electron chi connectivity index (χ4n) is 4.80. The van der Waals surface area contributed by atoms with Crippen molar-refractivity contribution >= 4 is 51.3 Å². The first kappa shape index (κ1) is 28.5. The minimum atomic E-state index is -0.643. The number of aromatic nitrogens is 1. The quantitative estimate of drug-likeness (QED) is 0.306. The van der Waals surface area contributed by atoms with Gasteiger partial charge in [-0.05, 0) is 63.1 Å². The molecule has 1 aromatic heterocycles. The average molecular weight is 576 g/mol. The number of carbonyl (C=O) groups excluding carboxylic acids is 2. The largest absolute Gasteiger partial charge is 0.506 e. The lowest BCUT2D eigenvalue weighted by Gasteiger charge is -2.11. The van der Waals surface area contributed by atoms with Gasteiger partial charge < -0.3 is 29.2 Å². The standard InChI is InChI=1S/C31H33N3O6S/c1-3-38-22-13-11-21(12-14-22)33-30-28(31(37)39-4-2)29(36)26(41-30)16-20-18-34(25-10-6-5-9-24(20)25)19-27(35)32-17-23-8-7-15-40-23/h5-6,9-14,16,18,23,36H,3-4,7-8,15,17,19H2,1-2H3,(H,32,35)/b26-16-,33-30?/t23-/m0/s1. The maximum absolute atomic E-state index is 12.8. The number of aliphatic imine (C=N–C) groups is 1. The number of benzene rings is 2. The van der Waals surface area contributed by atoms with Crippen LogP contribution in [0, 0.1) is 0 Å². The Bertz CT molecular complexity index is 1520. The van der Waals surface area contributed by atoms with Gasteiger partial charge in [-0.25, -0.2) is 9.79 Å². The number of nitrogens with zero attached hydrogens (tertiary/aromatic N) is 2. The summed E-state index contributed by atoms with van der Waals surface area (Å²) in [5, 5.41) is 15.4. The molecule has 1 atom stereocenters. The van der Waals surface area contributed by atoms with Gasteiger partial charge in [-0.3, -0.25) is 4.79 Å². The predicted molar refractivity (Wildman–Crippen MR) is 160 cm³/mol. The molecule has 2 aromatic carbocycles. The summed E-state index contributed by atoms with van der Waals surface area (Å²) in [5.41, 5.74) is 2.31. The molecule has 0 aliphatic carbocycles. The van der Waals surface area contributed by atoms with E-state index in [0.717, 1.165) is 41.7 Å². The fraction of sp³-hybridized carbons (Fsp3) is 0.323. The van der Waals surface area contributed by atoms with Gasteiger partial charge >= 0.3 is 5.97 Å². The summed E-state index contributed by atoms with van der Waals surface area (Å²) in [4.78, 5) is 30.7. The number of hydrogen-bond donors (Lipinski definition) is 2. The van der Waals surface area contributed by atoms with Crippen LogP contribution in [0.15, 0.2) is 76.0 Å². The molecule has 0 unspecified atom stereocenters. The van der Waals surface area contributed by atoms with Crippen molar-refractivity contribution in [1.29, 1.82) is 0 Å². The molecule has 0 spiro atoms. The number of esters is 1. The molecule has 2 N–H and O–H groups in total. The highest BCUT2D eigenvalue weighted by atomic mass is 32.2. The van der Waals surface area contributed by atoms with E-state index < -0.39 is 5.97 Å². The number of aliphatic hydroxyl groups is 1. The lowest BCUT2D eigenvalue weighted by Crippen LogP contribution is -2.34. The van der Waals surface area contributed by atoms with Crippen LogP contribution in [0.4, 0.5) is 5.69 Å². The van der Waals surface area contributed by atoms with E-state index >= 15 is 0 Å². The van der Waals surface area contributed by atoms with Gasteiger partial charge in [0.15, 0.2) is 0 Å². The molecule has 2 aliphatic heterocycles. The molecule has 0 saturated carbocycles. The number of carbonyl (C=O) groups is 2. The van der Waals surface area contributed by atoms with Crippen molar-refractivity contribution in [3.8, 4) is 5.75 Å². The third-order valence-electron chi connectivity index (χ3n) is 6.72. The Kier molecular flexibility index (Phi) is 9.11. The van der Waals surface area contributed by atoms with E-state index in [1.807, 2.05) is 48.0 Å². The maximum Gasteiger partial charge on any atom is 0.344 e. The fourth-order valence-corrected chi connectivity index (χ4v) is 5.82. The van der Waals surface area contributed by atoms with Gasteiger partial charge in [-0.2, -0.15) is 0 Å². The van der Waals surface area contributed by atoms with E-state index in [0.29, 0.717) is 28.8 Å². The van der Waals surface area contributed by atoms with Crippen LogP contribution in [0.25, 0.3) is 17.0 Å². The van der Waals surface area contributed by atoms with E-state index in [9.17, 15) is 14.7 Å². The summed E-state index contributed by atoms with van der Waals surface area (Å²) in [6, 6.07) is 14.9. The molecule has 5 rings (SSSR count). The molecule has 0 bridgehead atoms. The molecule has 3 heterocycles. The lowest BCUT2D eigenvalue weighted by molar-refractivity contribution is -0.138. The first-order valence-corrected chi connectivity index (χ1v) is 14.6. The zero-order chi connectivity index (χ0) is 28.8. The third kappa shape index (κ3) is 6.66. The number of ether oxygens (including phenoxy) is 3. The van der Waals surface area contributed by atoms with Crippen LogP contribution in [-0.2, 0) is 25.6 Å². The Labute approximate surface area is 242 Å². The Morgan fingerprint density at radius 2 is 1.98 bits per heavy atom. The maximum atomic E-state index is 12.8. The van der Waals surface area contributed by atoms with Gasteiger partial charge in [0.2, 0.25) is 5.91 Å². The van der Waals surface area contributed by atoms with Gasteiger partial charge in [-0.1, -0.05) is 30.0 Å². The van der Waals surface area contributed by atoms with Crippen molar-refractivity contribution in [2.75, 3.05) is 26.4 Å². The highest BCUT2D eigenvalue weighted by molar-refractivity contribution is 8.18. The number of aliphatic hydroxyl groups excluding tert-OH is 1. The van der Waals surface area contributed by atoms with Crippen LogP contribution in [0.2, 0.25) is 0 Å². The summed E-state index contributed by atoms with van der Waals surface area (Å²) in [6.45, 7) is 5.72. The Morgan fingerprint density at radius 1 is 1.17 bits per heavy atom. The van der Waals surface area contributed by atoms with Crippen molar-refractivity contribution in [2.24, 2.45) is 4.99 Å². The minimum absolute atomic E-state index is 0.0224. The molecule has 9 nitrogen and oxygen atoms in total. The normalized spacial score (nSPS) is 18.9. The van der Waals surface area contributed by atoms with E-state index in [1.54, 1.807) is 31.2 Å². The lowest BCUT2D eigenvalue weighted by atomic mass is 10.1. The van der Waals surface area contributed by atoms with Gasteiger partial charge in [0.05, 0.1) is 29.9 Å². The molecule has 41 heavy (non-hydrogen) atoms. The van der Waals surface area contributed by atoms with Gasteiger partial charge in [0.25, 0.3) is 0 Å². The van der Waals surface area contributed by atoms with Crippen LogP contribution in [0.1, 0.15) is 32.3 Å². The monoisotopic (exact) mass is 575 g/mol. The van der Waals surface area contributed by atoms with E-state index in [4.69, 9.17) is 14.2 Å². The average Bonchev–Trinajstić information content (AvgIpc) is 3.68. The molecular weight excluding hydrogens is 542 g/mol. The number of fused-ring (bicyclic) bond motifs is 1. The van der Waals surface area contributed by atoms with Crippen LogP contribution < -0.4 is 10.1 Å². The SMILES string of the molecule is CCOC(=O)C1=C(O)/C(=C/c2cn(CC(=O)NC[C@@H]3CCCO3)c3ccccc23)SC1=Nc1ccc(OCC)cc1. The third-order valence-corrected chi connectivity index (χ3v) is 7.74. The highest BCUT2D eigenvalue weighted by Gasteiger charge is 2.33. The van der Waals surface area contributed by atoms with Crippen LogP contribution in [0.3, 0.4) is 0 Å². The summed E-state index contributed by atoms with van der Waals surface area (Å²) >= 11 is 1.19. The molecule has 10 heteroatoms. The van der Waals surface area contributed by atoms with Crippen LogP contribution in [-0.4, -0.2) is 59.1 Å². The van der Waals surface area contributed by atoms with Crippen molar-refractivity contribution in [2.45, 2.75) is 39.3 Å². The molecule has 3 aromatic rings. The van der Waals surface area contributed by atoms with Crippen LogP contribution >= 0.6 is 11.8 Å². The predicted octanol–water partition coefficient (Wildman–Crippen LogP) is 5.53.